The maximum Gasteiger partial charge on any atom is 0.264 e. The average Bonchev–Trinajstić information content (AvgIpc) is 2.95. The molecule has 1 fully saturated rings. The fraction of sp³-hybridized carbons (Fsp3) is 0.355. The van der Waals surface area contributed by atoms with E-state index in [-0.39, 0.29) is 34.1 Å². The first-order valence-electron chi connectivity index (χ1n) is 13.6. The Morgan fingerprint density at radius 1 is 0.950 bits per heavy atom. The number of carbonyl (C=O) groups excluding carboxylic acids is 2. The number of halogens is 1. The van der Waals surface area contributed by atoms with Crippen LogP contribution in [0.2, 0.25) is 5.02 Å². The van der Waals surface area contributed by atoms with E-state index in [2.05, 4.69) is 5.32 Å². The molecule has 0 unspecified atom stereocenters. The molecular formula is C31H36ClN3O4S. The fourth-order valence-corrected chi connectivity index (χ4v) is 6.79. The second-order valence-corrected chi connectivity index (χ2v) is 12.6. The zero-order valence-corrected chi connectivity index (χ0v) is 24.5. The van der Waals surface area contributed by atoms with Gasteiger partial charge in [-0.3, -0.25) is 13.9 Å². The standard InChI is InChI=1S/C31H36ClN3O4S/c1-23-12-11-13-25(20-23)21-34(24(2)31(37)33-26-14-5-3-6-15-26)30(36)22-35(29-19-10-9-18-28(29)32)40(38,39)27-16-7-4-8-17-27/h4,7-13,16-20,24,26H,3,5-6,14-15,21-22H2,1-2H3,(H,33,37)/t24-/m0/s1. The Labute approximate surface area is 242 Å². The number of nitrogens with one attached hydrogen (secondary N) is 1. The van der Waals surface area contributed by atoms with Crippen molar-refractivity contribution in [3.05, 3.63) is 95.0 Å². The lowest BCUT2D eigenvalue weighted by Gasteiger charge is -2.33. The first-order chi connectivity index (χ1) is 19.2. The van der Waals surface area contributed by atoms with E-state index < -0.39 is 28.5 Å². The van der Waals surface area contributed by atoms with Gasteiger partial charge in [-0.2, -0.15) is 0 Å². The van der Waals surface area contributed by atoms with Crippen molar-refractivity contribution in [2.24, 2.45) is 0 Å². The predicted octanol–water partition coefficient (Wildman–Crippen LogP) is 5.71. The van der Waals surface area contributed by atoms with E-state index in [1.165, 1.54) is 17.0 Å². The van der Waals surface area contributed by atoms with Gasteiger partial charge in [0.15, 0.2) is 0 Å². The van der Waals surface area contributed by atoms with Crippen molar-refractivity contribution in [1.29, 1.82) is 0 Å². The molecule has 0 spiro atoms. The van der Waals surface area contributed by atoms with Gasteiger partial charge in [-0.25, -0.2) is 8.42 Å². The zero-order chi connectivity index (χ0) is 28.7. The van der Waals surface area contributed by atoms with Gasteiger partial charge in [-0.1, -0.05) is 91.0 Å². The van der Waals surface area contributed by atoms with Crippen LogP contribution in [0.5, 0.6) is 0 Å². The van der Waals surface area contributed by atoms with Gasteiger partial charge in [0, 0.05) is 12.6 Å². The zero-order valence-electron chi connectivity index (χ0n) is 22.9. The largest absolute Gasteiger partial charge is 0.352 e. The van der Waals surface area contributed by atoms with E-state index in [1.54, 1.807) is 49.4 Å². The number of amides is 2. The predicted molar refractivity (Wildman–Crippen MR) is 159 cm³/mol. The Hall–Kier alpha value is -3.36. The van der Waals surface area contributed by atoms with E-state index in [1.807, 2.05) is 31.2 Å². The number of para-hydroxylation sites is 1. The van der Waals surface area contributed by atoms with Crippen LogP contribution in [-0.4, -0.2) is 43.8 Å². The maximum absolute atomic E-state index is 14.0. The molecule has 0 saturated heterocycles. The van der Waals surface area contributed by atoms with Gasteiger partial charge in [-0.05, 0) is 56.5 Å². The van der Waals surface area contributed by atoms with Gasteiger partial charge >= 0.3 is 0 Å². The highest BCUT2D eigenvalue weighted by Crippen LogP contribution is 2.30. The van der Waals surface area contributed by atoms with Crippen molar-refractivity contribution < 1.29 is 18.0 Å². The summed E-state index contributed by atoms with van der Waals surface area (Å²) in [6, 6.07) is 21.4. The number of benzene rings is 3. The van der Waals surface area contributed by atoms with Crippen molar-refractivity contribution in [2.45, 2.75) is 69.5 Å². The van der Waals surface area contributed by atoms with Gasteiger partial charge in [-0.15, -0.1) is 0 Å². The SMILES string of the molecule is Cc1cccc(CN(C(=O)CN(c2ccccc2Cl)S(=O)(=O)c2ccccc2)[C@@H](C)C(=O)NC2CCCCC2)c1. The molecule has 1 aliphatic rings. The lowest BCUT2D eigenvalue weighted by molar-refractivity contribution is -0.139. The van der Waals surface area contributed by atoms with Crippen molar-refractivity contribution in [3.8, 4) is 0 Å². The van der Waals surface area contributed by atoms with Crippen molar-refractivity contribution in [1.82, 2.24) is 10.2 Å². The molecule has 2 amide bonds. The second-order valence-electron chi connectivity index (χ2n) is 10.3. The van der Waals surface area contributed by atoms with Crippen molar-refractivity contribution in [3.63, 3.8) is 0 Å². The first kappa shape index (κ1) is 29.6. The minimum absolute atomic E-state index is 0.0380. The molecule has 7 nitrogen and oxygen atoms in total. The number of carbonyl (C=O) groups is 2. The third-order valence-electron chi connectivity index (χ3n) is 7.29. The molecule has 1 N–H and O–H groups in total. The van der Waals surface area contributed by atoms with Crippen LogP contribution in [0.1, 0.15) is 50.2 Å². The molecule has 0 aromatic heterocycles. The summed E-state index contributed by atoms with van der Waals surface area (Å²) >= 11 is 6.45. The molecule has 0 bridgehead atoms. The number of anilines is 1. The second kappa shape index (κ2) is 13.3. The van der Waals surface area contributed by atoms with Crippen LogP contribution in [-0.2, 0) is 26.2 Å². The summed E-state index contributed by atoms with van der Waals surface area (Å²) in [5.41, 5.74) is 2.06. The maximum atomic E-state index is 14.0. The molecule has 1 aliphatic carbocycles. The molecule has 0 radical (unpaired) electrons. The number of hydrogen-bond donors (Lipinski definition) is 1. The summed E-state index contributed by atoms with van der Waals surface area (Å²) in [7, 11) is -4.15. The molecule has 0 aliphatic heterocycles. The molecular weight excluding hydrogens is 546 g/mol. The normalized spacial score (nSPS) is 14.8. The molecule has 9 heteroatoms. The summed E-state index contributed by atoms with van der Waals surface area (Å²) in [5, 5.41) is 3.31. The van der Waals surface area contributed by atoms with Crippen LogP contribution < -0.4 is 9.62 Å². The smallest absolute Gasteiger partial charge is 0.264 e. The van der Waals surface area contributed by atoms with Crippen LogP contribution in [0.4, 0.5) is 5.69 Å². The summed E-state index contributed by atoms with van der Waals surface area (Å²) in [5.74, 6) is -0.754. The molecule has 1 atom stereocenters. The number of nitrogens with zero attached hydrogens (tertiary/aromatic N) is 2. The molecule has 0 heterocycles. The monoisotopic (exact) mass is 581 g/mol. The Balaban J connectivity index is 1.68. The van der Waals surface area contributed by atoms with Gasteiger partial charge < -0.3 is 10.2 Å². The van der Waals surface area contributed by atoms with Crippen LogP contribution in [0.15, 0.2) is 83.8 Å². The Morgan fingerprint density at radius 2 is 1.62 bits per heavy atom. The Kier molecular flexibility index (Phi) is 9.87. The van der Waals surface area contributed by atoms with Crippen LogP contribution in [0.25, 0.3) is 0 Å². The molecule has 3 aromatic rings. The highest BCUT2D eigenvalue weighted by Gasteiger charge is 2.33. The lowest BCUT2D eigenvalue weighted by atomic mass is 9.95. The highest BCUT2D eigenvalue weighted by atomic mass is 35.5. The van der Waals surface area contributed by atoms with Crippen LogP contribution >= 0.6 is 11.6 Å². The van der Waals surface area contributed by atoms with E-state index in [9.17, 15) is 18.0 Å². The molecule has 40 heavy (non-hydrogen) atoms. The summed E-state index contributed by atoms with van der Waals surface area (Å²) < 4.78 is 28.7. The van der Waals surface area contributed by atoms with Crippen molar-refractivity contribution in [2.75, 3.05) is 10.8 Å². The Bertz CT molecular complexity index is 1430. The molecule has 4 rings (SSSR count). The van der Waals surface area contributed by atoms with Gasteiger partial charge in [0.2, 0.25) is 11.8 Å². The van der Waals surface area contributed by atoms with E-state index in [0.29, 0.717) is 0 Å². The number of aryl methyl sites for hydroxylation is 1. The Morgan fingerprint density at radius 3 is 2.30 bits per heavy atom. The minimum Gasteiger partial charge on any atom is -0.352 e. The fourth-order valence-electron chi connectivity index (χ4n) is 5.05. The van der Waals surface area contributed by atoms with E-state index in [4.69, 9.17) is 11.6 Å². The molecule has 212 valence electrons. The molecule has 1 saturated carbocycles. The lowest BCUT2D eigenvalue weighted by Crippen LogP contribution is -2.53. The minimum atomic E-state index is -4.15. The number of hydrogen-bond acceptors (Lipinski definition) is 4. The van der Waals surface area contributed by atoms with Crippen LogP contribution in [0, 0.1) is 6.92 Å². The summed E-state index contributed by atoms with van der Waals surface area (Å²) in [4.78, 5) is 28.9. The summed E-state index contributed by atoms with van der Waals surface area (Å²) in [6.45, 7) is 3.28. The van der Waals surface area contributed by atoms with Gasteiger partial charge in [0.1, 0.15) is 12.6 Å². The van der Waals surface area contributed by atoms with Crippen LogP contribution in [0.3, 0.4) is 0 Å². The van der Waals surface area contributed by atoms with E-state index in [0.717, 1.165) is 47.5 Å². The van der Waals surface area contributed by atoms with Crippen molar-refractivity contribution >= 4 is 39.1 Å². The van der Waals surface area contributed by atoms with E-state index >= 15 is 0 Å². The number of rotatable bonds is 10. The summed E-state index contributed by atoms with van der Waals surface area (Å²) in [6.07, 6.45) is 5.12. The third kappa shape index (κ3) is 7.23. The quantitative estimate of drug-likeness (QED) is 0.332. The highest BCUT2D eigenvalue weighted by molar-refractivity contribution is 7.92. The van der Waals surface area contributed by atoms with Gasteiger partial charge in [0.05, 0.1) is 15.6 Å². The number of sulfonamides is 1. The average molecular weight is 582 g/mol. The topological polar surface area (TPSA) is 86.8 Å². The first-order valence-corrected chi connectivity index (χ1v) is 15.5. The molecule has 3 aromatic carbocycles. The van der Waals surface area contributed by atoms with Gasteiger partial charge in [0.25, 0.3) is 10.0 Å². The third-order valence-corrected chi connectivity index (χ3v) is 9.38.